The topological polar surface area (TPSA) is 71.0 Å². The van der Waals surface area contributed by atoms with E-state index in [-0.39, 0.29) is 5.75 Å². The van der Waals surface area contributed by atoms with E-state index >= 15 is 0 Å². The Morgan fingerprint density at radius 2 is 1.75 bits per heavy atom. The monoisotopic (exact) mass is 330 g/mol. The van der Waals surface area contributed by atoms with Crippen molar-refractivity contribution in [2.45, 2.75) is 6.54 Å². The van der Waals surface area contributed by atoms with E-state index in [1.54, 1.807) is 19.5 Å². The molecule has 3 rings (SSSR count). The first-order valence-corrected chi connectivity index (χ1v) is 7.90. The van der Waals surface area contributed by atoms with Gasteiger partial charge in [0.05, 0.1) is 14.2 Å². The average molecular weight is 330 g/mol. The summed E-state index contributed by atoms with van der Waals surface area (Å²) in [6.07, 6.45) is 3.52. The first-order chi connectivity index (χ1) is 11.7. The number of phenolic OH excluding ortho intramolecular Hbond substituents is 1. The Balaban J connectivity index is 1.64. The Labute approximate surface area is 141 Å². The summed E-state index contributed by atoms with van der Waals surface area (Å²) < 4.78 is 10.5. The standard InChI is InChI=1S/C17H22N4O3/c1-23-14-5-4-13(15(22)16(14)24-2)12-20-8-10-21(11-9-20)17-18-6-3-7-19-17/h3-7,22H,8-12H2,1-2H3. The highest BCUT2D eigenvalue weighted by Gasteiger charge is 2.21. The van der Waals surface area contributed by atoms with Gasteiger partial charge in [0.25, 0.3) is 0 Å². The number of piperazine rings is 1. The van der Waals surface area contributed by atoms with E-state index in [4.69, 9.17) is 9.47 Å². The van der Waals surface area contributed by atoms with E-state index in [2.05, 4.69) is 19.8 Å². The molecule has 1 aromatic heterocycles. The number of rotatable bonds is 5. The lowest BCUT2D eigenvalue weighted by Gasteiger charge is -2.34. The van der Waals surface area contributed by atoms with Gasteiger partial charge in [-0.25, -0.2) is 9.97 Å². The number of hydrogen-bond acceptors (Lipinski definition) is 7. The average Bonchev–Trinajstić information content (AvgIpc) is 2.64. The molecule has 7 heteroatoms. The van der Waals surface area contributed by atoms with Gasteiger partial charge in [0.15, 0.2) is 11.5 Å². The molecule has 0 saturated carbocycles. The summed E-state index contributed by atoms with van der Waals surface area (Å²) in [4.78, 5) is 13.1. The second-order valence-electron chi connectivity index (χ2n) is 5.62. The summed E-state index contributed by atoms with van der Waals surface area (Å²) in [6, 6.07) is 5.52. The Bertz CT molecular complexity index is 673. The van der Waals surface area contributed by atoms with Crippen molar-refractivity contribution in [3.05, 3.63) is 36.2 Å². The molecular formula is C17H22N4O3. The van der Waals surface area contributed by atoms with Gasteiger partial charge in [0.2, 0.25) is 11.7 Å². The number of anilines is 1. The van der Waals surface area contributed by atoms with Crippen molar-refractivity contribution < 1.29 is 14.6 Å². The predicted molar refractivity (Wildman–Crippen MR) is 90.7 cm³/mol. The number of nitrogens with zero attached hydrogens (tertiary/aromatic N) is 4. The molecule has 1 saturated heterocycles. The number of aromatic nitrogens is 2. The molecule has 0 radical (unpaired) electrons. The summed E-state index contributed by atoms with van der Waals surface area (Å²) in [5.41, 5.74) is 0.831. The normalized spacial score (nSPS) is 15.3. The van der Waals surface area contributed by atoms with Crippen molar-refractivity contribution in [1.29, 1.82) is 0 Å². The quantitative estimate of drug-likeness (QED) is 0.891. The molecule has 128 valence electrons. The van der Waals surface area contributed by atoms with Crippen LogP contribution in [0.2, 0.25) is 0 Å². The van der Waals surface area contributed by atoms with Crippen molar-refractivity contribution in [3.8, 4) is 17.2 Å². The molecule has 1 N–H and O–H groups in total. The summed E-state index contributed by atoms with van der Waals surface area (Å²) in [5, 5.41) is 10.4. The van der Waals surface area contributed by atoms with Crippen LogP contribution in [0.25, 0.3) is 0 Å². The molecule has 2 aromatic rings. The van der Waals surface area contributed by atoms with E-state index in [1.165, 1.54) is 7.11 Å². The number of ether oxygens (including phenoxy) is 2. The van der Waals surface area contributed by atoms with Gasteiger partial charge in [0, 0.05) is 50.7 Å². The van der Waals surface area contributed by atoms with Gasteiger partial charge < -0.3 is 19.5 Å². The van der Waals surface area contributed by atoms with E-state index in [9.17, 15) is 5.11 Å². The molecule has 0 amide bonds. The van der Waals surface area contributed by atoms with Gasteiger partial charge in [0.1, 0.15) is 0 Å². The second-order valence-corrected chi connectivity index (χ2v) is 5.62. The molecule has 7 nitrogen and oxygen atoms in total. The number of methoxy groups -OCH3 is 2. The molecule has 1 aromatic carbocycles. The van der Waals surface area contributed by atoms with Gasteiger partial charge in [-0.2, -0.15) is 0 Å². The molecule has 1 fully saturated rings. The third-order valence-electron chi connectivity index (χ3n) is 4.20. The van der Waals surface area contributed by atoms with Crippen LogP contribution in [0.15, 0.2) is 30.6 Å². The Hall–Kier alpha value is -2.54. The maximum absolute atomic E-state index is 10.4. The lowest BCUT2D eigenvalue weighted by Crippen LogP contribution is -2.46. The summed E-state index contributed by atoms with van der Waals surface area (Å²) in [7, 11) is 3.09. The van der Waals surface area contributed by atoms with E-state index < -0.39 is 0 Å². The molecule has 24 heavy (non-hydrogen) atoms. The zero-order valence-electron chi connectivity index (χ0n) is 14.0. The Morgan fingerprint density at radius 3 is 2.38 bits per heavy atom. The minimum atomic E-state index is 0.144. The van der Waals surface area contributed by atoms with Crippen molar-refractivity contribution in [2.24, 2.45) is 0 Å². The SMILES string of the molecule is COc1ccc(CN2CCN(c3ncccn3)CC2)c(O)c1OC. The molecule has 2 heterocycles. The second kappa shape index (κ2) is 7.35. The number of hydrogen-bond donors (Lipinski definition) is 1. The van der Waals surface area contributed by atoms with Crippen LogP contribution in [0.4, 0.5) is 5.95 Å². The molecule has 0 spiro atoms. The van der Waals surface area contributed by atoms with Crippen LogP contribution in [0.1, 0.15) is 5.56 Å². The highest BCUT2D eigenvalue weighted by Crippen LogP contribution is 2.39. The van der Waals surface area contributed by atoms with E-state index in [1.807, 2.05) is 18.2 Å². The first kappa shape index (κ1) is 16.3. The first-order valence-electron chi connectivity index (χ1n) is 7.90. The minimum absolute atomic E-state index is 0.144. The smallest absolute Gasteiger partial charge is 0.225 e. The molecule has 1 aliphatic rings. The number of benzene rings is 1. The van der Waals surface area contributed by atoms with Crippen molar-refractivity contribution in [2.75, 3.05) is 45.3 Å². The Kier molecular flexibility index (Phi) is 5.00. The van der Waals surface area contributed by atoms with E-state index in [0.29, 0.717) is 18.0 Å². The van der Waals surface area contributed by atoms with Crippen LogP contribution in [0.3, 0.4) is 0 Å². The maximum Gasteiger partial charge on any atom is 0.225 e. The lowest BCUT2D eigenvalue weighted by molar-refractivity contribution is 0.243. The molecule has 0 bridgehead atoms. The summed E-state index contributed by atoms with van der Waals surface area (Å²) in [5.74, 6) is 1.83. The fourth-order valence-corrected chi connectivity index (χ4v) is 2.88. The summed E-state index contributed by atoms with van der Waals surface area (Å²) in [6.45, 7) is 4.14. The largest absolute Gasteiger partial charge is 0.504 e. The summed E-state index contributed by atoms with van der Waals surface area (Å²) >= 11 is 0. The third-order valence-corrected chi connectivity index (χ3v) is 4.20. The molecule has 1 aliphatic heterocycles. The molecule has 0 atom stereocenters. The Morgan fingerprint density at radius 1 is 1.04 bits per heavy atom. The van der Waals surface area contributed by atoms with Gasteiger partial charge in [-0.3, -0.25) is 4.90 Å². The van der Waals surface area contributed by atoms with Gasteiger partial charge >= 0.3 is 0 Å². The number of aromatic hydroxyl groups is 1. The lowest BCUT2D eigenvalue weighted by atomic mass is 10.1. The van der Waals surface area contributed by atoms with Crippen molar-refractivity contribution in [3.63, 3.8) is 0 Å². The fraction of sp³-hybridized carbons (Fsp3) is 0.412. The van der Waals surface area contributed by atoms with Crippen LogP contribution in [-0.2, 0) is 6.54 Å². The van der Waals surface area contributed by atoms with E-state index in [0.717, 1.165) is 37.7 Å². The number of phenols is 1. The minimum Gasteiger partial charge on any atom is -0.504 e. The van der Waals surface area contributed by atoms with Gasteiger partial charge in [-0.05, 0) is 12.1 Å². The molecule has 0 aliphatic carbocycles. The predicted octanol–water partition coefficient (Wildman–Crippen LogP) is 1.52. The van der Waals surface area contributed by atoms with Gasteiger partial charge in [-0.1, -0.05) is 6.07 Å². The highest BCUT2D eigenvalue weighted by atomic mass is 16.5. The van der Waals surface area contributed by atoms with Crippen LogP contribution < -0.4 is 14.4 Å². The molecule has 0 unspecified atom stereocenters. The van der Waals surface area contributed by atoms with Crippen LogP contribution in [-0.4, -0.2) is 60.4 Å². The van der Waals surface area contributed by atoms with Gasteiger partial charge in [-0.15, -0.1) is 0 Å². The fourth-order valence-electron chi connectivity index (χ4n) is 2.88. The maximum atomic E-state index is 10.4. The van der Waals surface area contributed by atoms with Crippen molar-refractivity contribution >= 4 is 5.95 Å². The molecular weight excluding hydrogens is 308 g/mol. The zero-order chi connectivity index (χ0) is 16.9. The van der Waals surface area contributed by atoms with Crippen LogP contribution >= 0.6 is 0 Å². The zero-order valence-corrected chi connectivity index (χ0v) is 14.0. The van der Waals surface area contributed by atoms with Crippen LogP contribution in [0, 0.1) is 0 Å². The van der Waals surface area contributed by atoms with Crippen molar-refractivity contribution in [1.82, 2.24) is 14.9 Å². The van der Waals surface area contributed by atoms with Crippen LogP contribution in [0.5, 0.6) is 17.2 Å². The third kappa shape index (κ3) is 3.35. The highest BCUT2D eigenvalue weighted by molar-refractivity contribution is 5.54.